The van der Waals surface area contributed by atoms with Crippen molar-refractivity contribution in [2.24, 2.45) is 5.92 Å². The summed E-state index contributed by atoms with van der Waals surface area (Å²) in [6, 6.07) is 0. The minimum absolute atomic E-state index is 0.274. The number of ether oxygens (including phenoxy) is 2. The van der Waals surface area contributed by atoms with Gasteiger partial charge in [0, 0.05) is 20.2 Å². The maximum Gasteiger partial charge on any atom is 0.0674 e. The lowest BCUT2D eigenvalue weighted by molar-refractivity contribution is -0.00152. The minimum atomic E-state index is 0.274. The normalized spacial score (nSPS) is 15.6. The summed E-state index contributed by atoms with van der Waals surface area (Å²) in [6.07, 6.45) is 1.75. The summed E-state index contributed by atoms with van der Waals surface area (Å²) in [5.41, 5.74) is 0. The third-order valence-electron chi connectivity index (χ3n) is 2.18. The Labute approximate surface area is 94.5 Å². The van der Waals surface area contributed by atoms with Crippen LogP contribution in [0.2, 0.25) is 0 Å². The van der Waals surface area contributed by atoms with E-state index in [2.05, 4.69) is 33.0 Å². The zero-order chi connectivity index (χ0) is 11.7. The van der Waals surface area contributed by atoms with E-state index in [0.717, 1.165) is 26.1 Å². The van der Waals surface area contributed by atoms with Gasteiger partial charge in [-0.3, -0.25) is 0 Å². The van der Waals surface area contributed by atoms with Crippen molar-refractivity contribution in [2.45, 2.75) is 46.3 Å². The molecule has 0 rings (SSSR count). The Morgan fingerprint density at radius 2 is 1.73 bits per heavy atom. The molecule has 2 atom stereocenters. The molecule has 1 N–H and O–H groups in total. The molecule has 0 amide bonds. The number of methoxy groups -OCH3 is 1. The highest BCUT2D eigenvalue weighted by molar-refractivity contribution is 4.60. The lowest BCUT2D eigenvalue weighted by Gasteiger charge is -2.20. The van der Waals surface area contributed by atoms with Crippen LogP contribution in [0.25, 0.3) is 0 Å². The van der Waals surface area contributed by atoms with Crippen LogP contribution in [0.15, 0.2) is 0 Å². The Hall–Kier alpha value is -0.120. The van der Waals surface area contributed by atoms with Crippen molar-refractivity contribution in [3.63, 3.8) is 0 Å². The molecule has 92 valence electrons. The fourth-order valence-electron chi connectivity index (χ4n) is 1.64. The summed E-state index contributed by atoms with van der Waals surface area (Å²) < 4.78 is 10.8. The first-order valence-corrected chi connectivity index (χ1v) is 5.91. The maximum absolute atomic E-state index is 5.84. The Kier molecular flexibility index (Phi) is 9.06. The number of hydrogen-bond donors (Lipinski definition) is 1. The van der Waals surface area contributed by atoms with E-state index in [0.29, 0.717) is 12.0 Å². The number of hydrogen-bond acceptors (Lipinski definition) is 3. The summed E-state index contributed by atoms with van der Waals surface area (Å²) >= 11 is 0. The van der Waals surface area contributed by atoms with Crippen LogP contribution in [0.5, 0.6) is 0 Å². The molecular formula is C12H27NO2. The Morgan fingerprint density at radius 3 is 2.27 bits per heavy atom. The largest absolute Gasteiger partial charge is 0.383 e. The molecule has 0 aliphatic carbocycles. The van der Waals surface area contributed by atoms with Crippen LogP contribution in [-0.4, -0.2) is 39.0 Å². The Bertz CT molecular complexity index is 140. The summed E-state index contributed by atoms with van der Waals surface area (Å²) in [4.78, 5) is 0. The van der Waals surface area contributed by atoms with E-state index < -0.39 is 0 Å². The van der Waals surface area contributed by atoms with Crippen molar-refractivity contribution in [1.82, 2.24) is 5.32 Å². The first-order valence-electron chi connectivity index (χ1n) is 5.91. The van der Waals surface area contributed by atoms with E-state index in [4.69, 9.17) is 9.47 Å². The van der Waals surface area contributed by atoms with Crippen LogP contribution in [0.1, 0.15) is 34.1 Å². The lowest BCUT2D eigenvalue weighted by atomic mass is 10.1. The van der Waals surface area contributed by atoms with Crippen LogP contribution in [0.4, 0.5) is 0 Å². The average Bonchev–Trinajstić information content (AvgIpc) is 2.10. The molecule has 0 aromatic rings. The second-order valence-electron chi connectivity index (χ2n) is 4.58. The molecule has 0 aliphatic heterocycles. The Balaban J connectivity index is 3.42. The molecule has 3 heteroatoms. The van der Waals surface area contributed by atoms with Gasteiger partial charge >= 0.3 is 0 Å². The van der Waals surface area contributed by atoms with Gasteiger partial charge in [0.2, 0.25) is 0 Å². The van der Waals surface area contributed by atoms with Crippen molar-refractivity contribution < 1.29 is 9.47 Å². The highest BCUT2D eigenvalue weighted by Crippen LogP contribution is 2.09. The topological polar surface area (TPSA) is 30.5 Å². The van der Waals surface area contributed by atoms with Gasteiger partial charge in [-0.25, -0.2) is 0 Å². The lowest BCUT2D eigenvalue weighted by Crippen LogP contribution is -2.31. The molecule has 0 aromatic carbocycles. The van der Waals surface area contributed by atoms with E-state index in [1.54, 1.807) is 7.11 Å². The fourth-order valence-corrected chi connectivity index (χ4v) is 1.64. The van der Waals surface area contributed by atoms with Crippen LogP contribution in [0.3, 0.4) is 0 Å². The summed E-state index contributed by atoms with van der Waals surface area (Å²) in [5, 5.41) is 3.29. The third-order valence-corrected chi connectivity index (χ3v) is 2.18. The number of nitrogens with one attached hydrogen (secondary N) is 1. The van der Waals surface area contributed by atoms with Gasteiger partial charge in [0.1, 0.15) is 0 Å². The first kappa shape index (κ1) is 14.9. The Morgan fingerprint density at radius 1 is 1.07 bits per heavy atom. The van der Waals surface area contributed by atoms with Crippen molar-refractivity contribution in [1.29, 1.82) is 0 Å². The van der Waals surface area contributed by atoms with Gasteiger partial charge in [-0.05, 0) is 26.2 Å². The highest BCUT2D eigenvalue weighted by Gasteiger charge is 2.09. The summed E-state index contributed by atoms with van der Waals surface area (Å²) in [6.45, 7) is 11.2. The predicted molar refractivity (Wildman–Crippen MR) is 64.2 cm³/mol. The second kappa shape index (κ2) is 9.13. The van der Waals surface area contributed by atoms with Crippen molar-refractivity contribution in [2.75, 3.05) is 26.8 Å². The quantitative estimate of drug-likeness (QED) is 0.600. The zero-order valence-corrected chi connectivity index (χ0v) is 10.9. The highest BCUT2D eigenvalue weighted by atomic mass is 16.5. The SMILES string of the molecule is COCCNCC(C)OC(C)CC(C)C. The van der Waals surface area contributed by atoms with Crippen LogP contribution in [-0.2, 0) is 9.47 Å². The summed E-state index contributed by atoms with van der Waals surface area (Å²) in [5.74, 6) is 0.702. The van der Waals surface area contributed by atoms with E-state index in [9.17, 15) is 0 Å². The van der Waals surface area contributed by atoms with Gasteiger partial charge in [-0.15, -0.1) is 0 Å². The zero-order valence-electron chi connectivity index (χ0n) is 10.9. The molecule has 0 bridgehead atoms. The molecular weight excluding hydrogens is 190 g/mol. The molecule has 0 radical (unpaired) electrons. The maximum atomic E-state index is 5.84. The van der Waals surface area contributed by atoms with Gasteiger partial charge < -0.3 is 14.8 Å². The van der Waals surface area contributed by atoms with E-state index in [1.165, 1.54) is 0 Å². The third kappa shape index (κ3) is 10.2. The molecule has 0 aliphatic rings. The molecule has 0 fully saturated rings. The van der Waals surface area contributed by atoms with E-state index in [-0.39, 0.29) is 6.10 Å². The van der Waals surface area contributed by atoms with Crippen LogP contribution in [0, 0.1) is 5.92 Å². The summed E-state index contributed by atoms with van der Waals surface area (Å²) in [7, 11) is 1.71. The van der Waals surface area contributed by atoms with Gasteiger partial charge in [0.25, 0.3) is 0 Å². The molecule has 0 saturated heterocycles. The predicted octanol–water partition coefficient (Wildman–Crippen LogP) is 2.06. The fraction of sp³-hybridized carbons (Fsp3) is 1.00. The average molecular weight is 217 g/mol. The van der Waals surface area contributed by atoms with E-state index in [1.807, 2.05) is 0 Å². The van der Waals surface area contributed by atoms with Gasteiger partial charge in [0.05, 0.1) is 18.8 Å². The first-order chi connectivity index (χ1) is 7.06. The molecule has 15 heavy (non-hydrogen) atoms. The number of rotatable bonds is 9. The molecule has 2 unspecified atom stereocenters. The molecule has 3 nitrogen and oxygen atoms in total. The smallest absolute Gasteiger partial charge is 0.0674 e. The second-order valence-corrected chi connectivity index (χ2v) is 4.58. The van der Waals surface area contributed by atoms with Crippen LogP contribution < -0.4 is 5.32 Å². The van der Waals surface area contributed by atoms with Crippen LogP contribution >= 0.6 is 0 Å². The monoisotopic (exact) mass is 217 g/mol. The van der Waals surface area contributed by atoms with Gasteiger partial charge in [-0.1, -0.05) is 13.8 Å². The van der Waals surface area contributed by atoms with E-state index >= 15 is 0 Å². The molecule has 0 saturated carbocycles. The minimum Gasteiger partial charge on any atom is -0.383 e. The van der Waals surface area contributed by atoms with Crippen molar-refractivity contribution in [3.8, 4) is 0 Å². The standard InChI is InChI=1S/C12H27NO2/c1-10(2)8-11(3)15-12(4)9-13-6-7-14-5/h10-13H,6-9H2,1-5H3. The van der Waals surface area contributed by atoms with Crippen molar-refractivity contribution in [3.05, 3.63) is 0 Å². The molecule has 0 heterocycles. The molecule has 0 aromatic heterocycles. The van der Waals surface area contributed by atoms with Gasteiger partial charge in [-0.2, -0.15) is 0 Å². The molecule has 0 spiro atoms. The van der Waals surface area contributed by atoms with Crippen molar-refractivity contribution >= 4 is 0 Å². The van der Waals surface area contributed by atoms with Gasteiger partial charge in [0.15, 0.2) is 0 Å².